The lowest BCUT2D eigenvalue weighted by molar-refractivity contribution is -0.188. The smallest absolute Gasteiger partial charge is 0.259 e. The van der Waals surface area contributed by atoms with Crippen LogP contribution in [0.4, 0.5) is 0 Å². The van der Waals surface area contributed by atoms with Gasteiger partial charge in [-0.3, -0.25) is 4.79 Å². The summed E-state index contributed by atoms with van der Waals surface area (Å²) in [6.45, 7) is 10.3. The van der Waals surface area contributed by atoms with Crippen LogP contribution in [0.2, 0.25) is 0 Å². The first kappa shape index (κ1) is 17.4. The van der Waals surface area contributed by atoms with Crippen LogP contribution in [0.5, 0.6) is 0 Å². The zero-order valence-corrected chi connectivity index (χ0v) is 15.9. The second-order valence-electron chi connectivity index (χ2n) is 7.69. The van der Waals surface area contributed by atoms with E-state index in [0.29, 0.717) is 36.6 Å². The van der Waals surface area contributed by atoms with Crippen LogP contribution < -0.4 is 0 Å². The van der Waals surface area contributed by atoms with E-state index in [1.54, 1.807) is 4.52 Å². The van der Waals surface area contributed by atoms with Crippen molar-refractivity contribution >= 4 is 11.6 Å². The fourth-order valence-electron chi connectivity index (χ4n) is 4.26. The van der Waals surface area contributed by atoms with E-state index in [9.17, 15) is 4.79 Å². The molecule has 0 saturated carbocycles. The molecule has 2 aliphatic heterocycles. The Hall–Kier alpha value is -1.99. The number of amides is 1. The van der Waals surface area contributed by atoms with E-state index in [-0.39, 0.29) is 17.6 Å². The van der Waals surface area contributed by atoms with Crippen molar-refractivity contribution in [1.82, 2.24) is 19.5 Å². The number of hydrogen-bond acceptors (Lipinski definition) is 5. The molecule has 4 heterocycles. The molecule has 2 aromatic rings. The predicted octanol–water partition coefficient (Wildman–Crippen LogP) is 2.06. The van der Waals surface area contributed by atoms with Crippen molar-refractivity contribution in [3.63, 3.8) is 0 Å². The molecule has 2 aliphatic rings. The minimum absolute atomic E-state index is 0.0184. The van der Waals surface area contributed by atoms with Crippen molar-refractivity contribution in [1.29, 1.82) is 0 Å². The zero-order chi connectivity index (χ0) is 18.5. The number of aromatic nitrogens is 3. The summed E-state index contributed by atoms with van der Waals surface area (Å²) in [5, 5.41) is 4.54. The molecular weight excluding hydrogens is 332 g/mol. The van der Waals surface area contributed by atoms with Crippen molar-refractivity contribution in [2.45, 2.75) is 52.2 Å². The summed E-state index contributed by atoms with van der Waals surface area (Å²) in [7, 11) is 0. The average molecular weight is 358 g/mol. The van der Waals surface area contributed by atoms with Crippen molar-refractivity contribution in [2.24, 2.45) is 0 Å². The van der Waals surface area contributed by atoms with Gasteiger partial charge in [0.25, 0.3) is 5.91 Å². The van der Waals surface area contributed by atoms with Gasteiger partial charge in [-0.15, -0.1) is 0 Å². The van der Waals surface area contributed by atoms with Crippen LogP contribution >= 0.6 is 0 Å². The number of rotatable bonds is 1. The molecule has 140 valence electrons. The maximum absolute atomic E-state index is 13.4. The van der Waals surface area contributed by atoms with Gasteiger partial charge in [-0.05, 0) is 46.6 Å². The Morgan fingerprint density at radius 3 is 2.88 bits per heavy atom. The highest BCUT2D eigenvalue weighted by Crippen LogP contribution is 2.31. The number of carbonyl (C=O) groups is 1. The summed E-state index contributed by atoms with van der Waals surface area (Å²) in [6, 6.07) is 1.97. The minimum Gasteiger partial charge on any atom is -0.378 e. The standard InChI is InChI=1S/C19H26N4O3/c1-12-8-13(2)23-17(20-12)16(15(4)21-23)18(24)22-9-14(3)26-19(10-22)6-5-7-25-11-19/h8,14H,5-7,9-11H2,1-4H3. The number of fused-ring (bicyclic) bond motifs is 1. The van der Waals surface area contributed by atoms with Gasteiger partial charge in [0.15, 0.2) is 5.65 Å². The van der Waals surface area contributed by atoms with Crippen LogP contribution in [-0.2, 0) is 9.47 Å². The monoisotopic (exact) mass is 358 g/mol. The average Bonchev–Trinajstić information content (AvgIpc) is 2.90. The van der Waals surface area contributed by atoms with Gasteiger partial charge in [0.05, 0.1) is 24.9 Å². The third-order valence-electron chi connectivity index (χ3n) is 5.27. The van der Waals surface area contributed by atoms with Crippen molar-refractivity contribution in [3.05, 3.63) is 28.7 Å². The third-order valence-corrected chi connectivity index (χ3v) is 5.27. The Balaban J connectivity index is 1.71. The molecule has 26 heavy (non-hydrogen) atoms. The number of carbonyl (C=O) groups excluding carboxylic acids is 1. The highest BCUT2D eigenvalue weighted by atomic mass is 16.6. The molecule has 4 rings (SSSR count). The number of morpholine rings is 1. The molecule has 0 aliphatic carbocycles. The summed E-state index contributed by atoms with van der Waals surface area (Å²) >= 11 is 0. The van der Waals surface area contributed by atoms with E-state index in [1.807, 2.05) is 38.7 Å². The van der Waals surface area contributed by atoms with Gasteiger partial charge in [0, 0.05) is 24.5 Å². The van der Waals surface area contributed by atoms with Gasteiger partial charge in [-0.1, -0.05) is 0 Å². The van der Waals surface area contributed by atoms with Crippen LogP contribution in [0, 0.1) is 20.8 Å². The molecule has 0 N–H and O–H groups in total. The van der Waals surface area contributed by atoms with Gasteiger partial charge in [-0.2, -0.15) is 5.10 Å². The summed E-state index contributed by atoms with van der Waals surface area (Å²) in [5.74, 6) is -0.0184. The molecule has 0 bridgehead atoms. The Morgan fingerprint density at radius 1 is 1.35 bits per heavy atom. The molecule has 1 spiro atoms. The summed E-state index contributed by atoms with van der Waals surface area (Å²) in [5.41, 5.74) is 3.42. The Kier molecular flexibility index (Phi) is 4.23. The first-order valence-corrected chi connectivity index (χ1v) is 9.27. The van der Waals surface area contributed by atoms with Gasteiger partial charge in [0.2, 0.25) is 0 Å². The van der Waals surface area contributed by atoms with E-state index in [1.165, 1.54) is 0 Å². The molecule has 2 atom stereocenters. The van der Waals surface area contributed by atoms with E-state index in [2.05, 4.69) is 10.1 Å². The van der Waals surface area contributed by atoms with Crippen LogP contribution in [-0.4, -0.2) is 63.4 Å². The normalized spacial score (nSPS) is 26.6. The van der Waals surface area contributed by atoms with Gasteiger partial charge < -0.3 is 14.4 Å². The van der Waals surface area contributed by atoms with Crippen molar-refractivity contribution in [3.8, 4) is 0 Å². The van der Waals surface area contributed by atoms with Gasteiger partial charge >= 0.3 is 0 Å². The maximum atomic E-state index is 13.4. The van der Waals surface area contributed by atoms with Crippen molar-refractivity contribution in [2.75, 3.05) is 26.3 Å². The Morgan fingerprint density at radius 2 is 2.15 bits per heavy atom. The fourth-order valence-corrected chi connectivity index (χ4v) is 4.26. The topological polar surface area (TPSA) is 69.0 Å². The highest BCUT2D eigenvalue weighted by molar-refractivity contribution is 6.01. The Bertz CT molecular complexity index is 854. The minimum atomic E-state index is -0.387. The van der Waals surface area contributed by atoms with Crippen LogP contribution in [0.3, 0.4) is 0 Å². The quantitative estimate of drug-likeness (QED) is 0.781. The molecule has 2 aromatic heterocycles. The third kappa shape index (κ3) is 2.89. The second kappa shape index (κ2) is 6.32. The summed E-state index contributed by atoms with van der Waals surface area (Å²) < 4.78 is 13.6. The molecule has 0 radical (unpaired) electrons. The van der Waals surface area contributed by atoms with E-state index < -0.39 is 0 Å². The molecule has 2 saturated heterocycles. The van der Waals surface area contributed by atoms with E-state index in [0.717, 1.165) is 30.8 Å². The molecule has 0 aromatic carbocycles. The fraction of sp³-hybridized carbons (Fsp3) is 0.632. The maximum Gasteiger partial charge on any atom is 0.259 e. The lowest BCUT2D eigenvalue weighted by atomic mass is 9.93. The van der Waals surface area contributed by atoms with Crippen LogP contribution in [0.25, 0.3) is 5.65 Å². The van der Waals surface area contributed by atoms with Crippen LogP contribution in [0.15, 0.2) is 6.07 Å². The predicted molar refractivity (Wildman–Crippen MR) is 96.4 cm³/mol. The first-order chi connectivity index (χ1) is 12.4. The molecule has 1 amide bonds. The lowest BCUT2D eigenvalue weighted by Gasteiger charge is -2.47. The van der Waals surface area contributed by atoms with E-state index >= 15 is 0 Å². The summed E-state index contributed by atoms with van der Waals surface area (Å²) in [6.07, 6.45) is 1.86. The van der Waals surface area contributed by atoms with Crippen LogP contribution in [0.1, 0.15) is 47.2 Å². The number of aryl methyl sites for hydroxylation is 3. The molecule has 7 heteroatoms. The summed E-state index contributed by atoms with van der Waals surface area (Å²) in [4.78, 5) is 19.9. The van der Waals surface area contributed by atoms with E-state index in [4.69, 9.17) is 9.47 Å². The van der Waals surface area contributed by atoms with Gasteiger partial charge in [-0.25, -0.2) is 9.50 Å². The Labute approximate surface area is 153 Å². The number of ether oxygens (including phenoxy) is 2. The number of hydrogen-bond donors (Lipinski definition) is 0. The SMILES string of the molecule is Cc1cc(C)n2nc(C)c(C(=O)N3CC(C)OC4(CCCOC4)C3)c2n1. The molecule has 2 unspecified atom stereocenters. The molecule has 2 fully saturated rings. The van der Waals surface area contributed by atoms with Crippen molar-refractivity contribution < 1.29 is 14.3 Å². The lowest BCUT2D eigenvalue weighted by Crippen LogP contribution is -2.59. The largest absolute Gasteiger partial charge is 0.378 e. The zero-order valence-electron chi connectivity index (χ0n) is 15.9. The highest BCUT2D eigenvalue weighted by Gasteiger charge is 2.43. The second-order valence-corrected chi connectivity index (χ2v) is 7.69. The molecular formula is C19H26N4O3. The first-order valence-electron chi connectivity index (χ1n) is 9.27. The molecule has 7 nitrogen and oxygen atoms in total. The van der Waals surface area contributed by atoms with Gasteiger partial charge in [0.1, 0.15) is 11.2 Å². The number of nitrogens with zero attached hydrogens (tertiary/aromatic N) is 4.